The maximum atomic E-state index is 12.6. The molecule has 0 saturated heterocycles. The number of rotatable bonds is 1. The summed E-state index contributed by atoms with van der Waals surface area (Å²) in [5, 5.41) is 0. The second kappa shape index (κ2) is 4.51. The van der Waals surface area contributed by atoms with E-state index >= 15 is 0 Å². The second-order valence-corrected chi connectivity index (χ2v) is 9.41. The zero-order chi connectivity index (χ0) is 16.7. The Labute approximate surface area is 144 Å². The fourth-order valence-electron chi connectivity index (χ4n) is 7.98. The van der Waals surface area contributed by atoms with E-state index in [-0.39, 0.29) is 16.2 Å². The van der Waals surface area contributed by atoms with Crippen LogP contribution in [0.2, 0.25) is 0 Å². The number of ketones is 2. The van der Waals surface area contributed by atoms with Crippen LogP contribution in [0.1, 0.15) is 65.2 Å². The summed E-state index contributed by atoms with van der Waals surface area (Å²) in [7, 11) is 0. The van der Waals surface area contributed by atoms with Gasteiger partial charge in [0.05, 0.1) is 5.41 Å². The standard InChI is InChI=1S/C22H28O2/c1-14(23)21-9-11-22(12-10-21)19-6-3-15-13-16(24)4-5-17(15)18(19)7-8-20(21,22)2/h9,11,13,17-19H,3-8,10,12H2,1-2H3/t17-,18+,19+,20+,21-,22?/m0/s1. The molecule has 0 aromatic heterocycles. The Balaban J connectivity index is 1.57. The van der Waals surface area contributed by atoms with Gasteiger partial charge in [0, 0.05) is 6.42 Å². The first-order chi connectivity index (χ1) is 11.4. The number of hydrogen-bond acceptors (Lipinski definition) is 2. The van der Waals surface area contributed by atoms with Crippen LogP contribution >= 0.6 is 0 Å². The van der Waals surface area contributed by atoms with Crippen molar-refractivity contribution in [3.8, 4) is 0 Å². The molecule has 0 N–H and O–H groups in total. The number of hydrogen-bond donors (Lipinski definition) is 0. The minimum absolute atomic E-state index is 0.138. The molecule has 6 atom stereocenters. The summed E-state index contributed by atoms with van der Waals surface area (Å²) >= 11 is 0. The van der Waals surface area contributed by atoms with Crippen LogP contribution in [0.25, 0.3) is 0 Å². The van der Waals surface area contributed by atoms with Gasteiger partial charge in [-0.15, -0.1) is 0 Å². The van der Waals surface area contributed by atoms with Crippen molar-refractivity contribution in [2.24, 2.45) is 34.0 Å². The smallest absolute Gasteiger partial charge is 0.155 e. The first kappa shape index (κ1) is 15.1. The van der Waals surface area contributed by atoms with Crippen molar-refractivity contribution in [1.29, 1.82) is 0 Å². The third-order valence-corrected chi connectivity index (χ3v) is 9.18. The Hall–Kier alpha value is -1.18. The zero-order valence-corrected chi connectivity index (χ0v) is 14.9. The van der Waals surface area contributed by atoms with Crippen LogP contribution in [0.15, 0.2) is 23.8 Å². The summed E-state index contributed by atoms with van der Waals surface area (Å²) < 4.78 is 0. The highest BCUT2D eigenvalue weighted by Crippen LogP contribution is 2.78. The average Bonchev–Trinajstić information content (AvgIpc) is 2.99. The predicted octanol–water partition coefficient (Wildman–Crippen LogP) is 4.64. The molecule has 0 aliphatic heterocycles. The zero-order valence-electron chi connectivity index (χ0n) is 14.9. The summed E-state index contributed by atoms with van der Waals surface area (Å²) in [5.74, 6) is 2.82. The lowest BCUT2D eigenvalue weighted by atomic mass is 9.44. The Morgan fingerprint density at radius 3 is 2.62 bits per heavy atom. The molecule has 0 spiro atoms. The molecule has 128 valence electrons. The summed E-state index contributed by atoms with van der Waals surface area (Å²) in [5.41, 5.74) is 1.65. The highest BCUT2D eigenvalue weighted by molar-refractivity contribution is 5.91. The summed E-state index contributed by atoms with van der Waals surface area (Å²) in [4.78, 5) is 24.4. The molecule has 0 aromatic carbocycles. The molecule has 2 nitrogen and oxygen atoms in total. The SMILES string of the molecule is CC(=O)[C@]12C=CC3(CC1)[C@@H]1CCC4=CC(=O)CC[C@@H]4[C@H]1CC[C@@]32C. The summed E-state index contributed by atoms with van der Waals surface area (Å²) in [6.45, 7) is 4.24. The quantitative estimate of drug-likeness (QED) is 0.658. The van der Waals surface area contributed by atoms with Crippen LogP contribution in [0.4, 0.5) is 0 Å². The minimum Gasteiger partial charge on any atom is -0.299 e. The van der Waals surface area contributed by atoms with Gasteiger partial charge >= 0.3 is 0 Å². The molecule has 0 amide bonds. The number of Topliss-reactive ketones (excluding diaryl/α,β-unsaturated/α-hetero) is 1. The number of fused-ring (bicyclic) bond motifs is 3. The topological polar surface area (TPSA) is 34.1 Å². The van der Waals surface area contributed by atoms with E-state index < -0.39 is 0 Å². The van der Waals surface area contributed by atoms with E-state index in [0.29, 0.717) is 23.4 Å². The first-order valence-corrected chi connectivity index (χ1v) is 9.88. The molecule has 2 bridgehead atoms. The number of allylic oxidation sites excluding steroid dienone is 3. The highest BCUT2D eigenvalue weighted by atomic mass is 16.1. The van der Waals surface area contributed by atoms with Gasteiger partial charge in [-0.25, -0.2) is 0 Å². The van der Waals surface area contributed by atoms with E-state index in [4.69, 9.17) is 0 Å². The lowest BCUT2D eigenvalue weighted by molar-refractivity contribution is -0.136. The molecule has 0 aromatic rings. The molecule has 5 aliphatic rings. The van der Waals surface area contributed by atoms with Crippen molar-refractivity contribution in [3.63, 3.8) is 0 Å². The molecular weight excluding hydrogens is 296 g/mol. The fraction of sp³-hybridized carbons (Fsp3) is 0.727. The van der Waals surface area contributed by atoms with Crippen LogP contribution < -0.4 is 0 Å². The Bertz CT molecular complexity index is 701. The van der Waals surface area contributed by atoms with Gasteiger partial charge in [0.2, 0.25) is 0 Å². The van der Waals surface area contributed by atoms with Gasteiger partial charge in [0.15, 0.2) is 5.78 Å². The molecular formula is C22H28O2. The van der Waals surface area contributed by atoms with Crippen LogP contribution in [0, 0.1) is 34.0 Å². The third-order valence-electron chi connectivity index (χ3n) is 9.18. The minimum atomic E-state index is -0.184. The van der Waals surface area contributed by atoms with Gasteiger partial charge in [0.25, 0.3) is 0 Å². The lowest BCUT2D eigenvalue weighted by Gasteiger charge is -2.59. The second-order valence-electron chi connectivity index (χ2n) is 9.41. The maximum Gasteiger partial charge on any atom is 0.155 e. The Morgan fingerprint density at radius 1 is 1.08 bits per heavy atom. The van der Waals surface area contributed by atoms with E-state index in [1.165, 1.54) is 31.3 Å². The van der Waals surface area contributed by atoms with Gasteiger partial charge in [-0.1, -0.05) is 24.6 Å². The molecule has 2 heteroatoms. The van der Waals surface area contributed by atoms with E-state index in [9.17, 15) is 9.59 Å². The number of carbonyl (C=O) groups is 2. The van der Waals surface area contributed by atoms with Gasteiger partial charge in [-0.3, -0.25) is 9.59 Å². The fourth-order valence-corrected chi connectivity index (χ4v) is 7.98. The Morgan fingerprint density at radius 2 is 1.92 bits per heavy atom. The van der Waals surface area contributed by atoms with Crippen molar-refractivity contribution in [3.05, 3.63) is 23.8 Å². The molecule has 24 heavy (non-hydrogen) atoms. The van der Waals surface area contributed by atoms with Crippen molar-refractivity contribution in [1.82, 2.24) is 0 Å². The van der Waals surface area contributed by atoms with Crippen molar-refractivity contribution < 1.29 is 9.59 Å². The normalized spacial score (nSPS) is 51.7. The van der Waals surface area contributed by atoms with E-state index in [2.05, 4.69) is 19.1 Å². The van der Waals surface area contributed by atoms with Gasteiger partial charge in [-0.2, -0.15) is 0 Å². The van der Waals surface area contributed by atoms with Crippen molar-refractivity contribution in [2.45, 2.75) is 65.2 Å². The first-order valence-electron chi connectivity index (χ1n) is 9.88. The molecule has 3 fully saturated rings. The van der Waals surface area contributed by atoms with Gasteiger partial charge in [-0.05, 0) is 86.5 Å². The third kappa shape index (κ3) is 1.46. The van der Waals surface area contributed by atoms with Crippen LogP contribution in [0.3, 0.4) is 0 Å². The molecule has 3 saturated carbocycles. The predicted molar refractivity (Wildman–Crippen MR) is 93.3 cm³/mol. The van der Waals surface area contributed by atoms with Crippen molar-refractivity contribution >= 4 is 11.6 Å². The van der Waals surface area contributed by atoms with Crippen LogP contribution in [-0.2, 0) is 9.59 Å². The van der Waals surface area contributed by atoms with E-state index in [1.54, 1.807) is 0 Å². The van der Waals surface area contributed by atoms with E-state index in [1.807, 2.05) is 13.0 Å². The van der Waals surface area contributed by atoms with Crippen LogP contribution in [0.5, 0.6) is 0 Å². The van der Waals surface area contributed by atoms with Crippen molar-refractivity contribution in [2.75, 3.05) is 0 Å². The highest BCUT2D eigenvalue weighted by Gasteiger charge is 2.72. The van der Waals surface area contributed by atoms with Gasteiger partial charge in [0.1, 0.15) is 5.78 Å². The monoisotopic (exact) mass is 324 g/mol. The van der Waals surface area contributed by atoms with Gasteiger partial charge < -0.3 is 0 Å². The average molecular weight is 324 g/mol. The summed E-state index contributed by atoms with van der Waals surface area (Å²) in [6.07, 6.45) is 15.6. The number of carbonyl (C=O) groups excluding carboxylic acids is 2. The molecule has 0 heterocycles. The summed E-state index contributed by atoms with van der Waals surface area (Å²) in [6, 6.07) is 0. The Kier molecular flexibility index (Phi) is 2.84. The maximum absolute atomic E-state index is 12.6. The lowest BCUT2D eigenvalue weighted by Crippen LogP contribution is -2.54. The molecule has 1 unspecified atom stereocenters. The largest absolute Gasteiger partial charge is 0.299 e. The van der Waals surface area contributed by atoms with Crippen LogP contribution in [-0.4, -0.2) is 11.6 Å². The van der Waals surface area contributed by atoms with E-state index in [0.717, 1.165) is 31.6 Å². The molecule has 0 radical (unpaired) electrons. The molecule has 5 rings (SSSR count). The molecule has 5 aliphatic carbocycles.